The third-order valence-electron chi connectivity index (χ3n) is 4.22. The number of rotatable bonds is 4. The van der Waals surface area contributed by atoms with Crippen LogP contribution in [0.4, 0.5) is 5.69 Å². The second kappa shape index (κ2) is 7.94. The molecule has 1 aliphatic rings. The number of halogens is 2. The molecule has 3 aromatic rings. The Bertz CT molecular complexity index is 1220. The quantitative estimate of drug-likeness (QED) is 0.586. The van der Waals surface area contributed by atoms with Crippen molar-refractivity contribution in [2.45, 2.75) is 6.54 Å². The van der Waals surface area contributed by atoms with Gasteiger partial charge in [0, 0.05) is 22.7 Å². The lowest BCUT2D eigenvalue weighted by Gasteiger charge is -2.00. The number of fused-ring (bicyclic) bond motifs is 1. The molecule has 3 N–H and O–H groups in total. The predicted octanol–water partition coefficient (Wildman–Crippen LogP) is 4.33. The van der Waals surface area contributed by atoms with Crippen LogP contribution in [0.1, 0.15) is 5.56 Å². The Hall–Kier alpha value is -2.74. The second-order valence-electron chi connectivity index (χ2n) is 6.28. The molecule has 9 heteroatoms. The fraction of sp³-hybridized carbons (Fsp3) is 0.0500. The molecule has 29 heavy (non-hydrogen) atoms. The topological polar surface area (TPSA) is 89.5 Å². The Morgan fingerprint density at radius 1 is 1.21 bits per heavy atom. The zero-order valence-corrected chi connectivity index (χ0v) is 17.2. The van der Waals surface area contributed by atoms with Crippen molar-refractivity contribution >= 4 is 74.6 Å². The summed E-state index contributed by atoms with van der Waals surface area (Å²) in [5.74, 6) is -0.686. The highest BCUT2D eigenvalue weighted by Crippen LogP contribution is 2.32. The maximum absolute atomic E-state index is 12.4. The van der Waals surface area contributed by atoms with Crippen molar-refractivity contribution in [1.82, 2.24) is 9.88 Å². The highest BCUT2D eigenvalue weighted by atomic mass is 35.5. The lowest BCUT2D eigenvalue weighted by molar-refractivity contribution is -0.118. The maximum atomic E-state index is 12.4. The predicted molar refractivity (Wildman–Crippen MR) is 118 cm³/mol. The number of hydrogen-bond acceptors (Lipinski definition) is 4. The Morgan fingerprint density at radius 2 is 2.00 bits per heavy atom. The third kappa shape index (κ3) is 4.17. The van der Waals surface area contributed by atoms with E-state index in [0.29, 0.717) is 25.8 Å². The van der Waals surface area contributed by atoms with E-state index in [9.17, 15) is 9.59 Å². The first kappa shape index (κ1) is 19.6. The fourth-order valence-corrected chi connectivity index (χ4v) is 4.11. The summed E-state index contributed by atoms with van der Waals surface area (Å²) in [5.41, 5.74) is 7.61. The molecule has 0 bridgehead atoms. The molecule has 0 spiro atoms. The van der Waals surface area contributed by atoms with E-state index in [0.717, 1.165) is 16.5 Å². The molecule has 0 saturated carbocycles. The van der Waals surface area contributed by atoms with E-state index in [1.807, 2.05) is 30.5 Å². The number of amides is 2. The Balaban J connectivity index is 1.67. The van der Waals surface area contributed by atoms with Crippen LogP contribution in [0.25, 0.3) is 17.0 Å². The van der Waals surface area contributed by atoms with Gasteiger partial charge in [-0.3, -0.25) is 9.59 Å². The van der Waals surface area contributed by atoms with E-state index in [4.69, 9.17) is 28.9 Å². The van der Waals surface area contributed by atoms with Gasteiger partial charge in [0.05, 0.1) is 20.6 Å². The smallest absolute Gasteiger partial charge is 0.264 e. The highest BCUT2D eigenvalue weighted by molar-refractivity contribution is 8.18. The number of aliphatic imine (C=N–C) groups is 1. The van der Waals surface area contributed by atoms with Crippen molar-refractivity contribution in [3.63, 3.8) is 0 Å². The highest BCUT2D eigenvalue weighted by Gasteiger charge is 2.24. The number of hydrogen-bond donors (Lipinski definition) is 2. The third-order valence-corrected chi connectivity index (χ3v) is 5.87. The van der Waals surface area contributed by atoms with Crippen molar-refractivity contribution in [3.8, 4) is 0 Å². The Kier molecular flexibility index (Phi) is 5.36. The molecular formula is C20H14Cl2N4O2S. The average molecular weight is 445 g/mol. The molecule has 1 aromatic heterocycles. The molecule has 1 saturated heterocycles. The van der Waals surface area contributed by atoms with E-state index in [-0.39, 0.29) is 12.5 Å². The summed E-state index contributed by atoms with van der Waals surface area (Å²) in [5, 5.41) is 4.93. The number of amidine groups is 1. The van der Waals surface area contributed by atoms with Gasteiger partial charge in [-0.2, -0.15) is 0 Å². The molecule has 1 fully saturated rings. The van der Waals surface area contributed by atoms with Crippen molar-refractivity contribution in [1.29, 1.82) is 0 Å². The number of carbonyl (C=O) groups excluding carboxylic acids is 2. The summed E-state index contributed by atoms with van der Waals surface area (Å²) in [7, 11) is 0. The Labute approximate surface area is 180 Å². The molecular weight excluding hydrogens is 431 g/mol. The SMILES string of the molecule is NC(=O)Cn1cc(/C=C2\SC(=Nc3ccc(Cl)c(Cl)c3)NC2=O)c2ccccc21. The standard InChI is InChI=1S/C20H14Cl2N4O2S/c21-14-6-5-12(8-15(14)22)24-20-25-19(28)17(29-20)7-11-9-26(10-18(23)27)16-4-2-1-3-13(11)16/h1-9H,10H2,(H2,23,27)(H,24,25,28)/b17-7-. The largest absolute Gasteiger partial charge is 0.368 e. The van der Waals surface area contributed by atoms with Crippen LogP contribution in [-0.4, -0.2) is 21.5 Å². The van der Waals surface area contributed by atoms with Crippen molar-refractivity contribution < 1.29 is 9.59 Å². The van der Waals surface area contributed by atoms with Gasteiger partial charge >= 0.3 is 0 Å². The van der Waals surface area contributed by atoms with Crippen LogP contribution in [0.2, 0.25) is 10.0 Å². The van der Waals surface area contributed by atoms with Gasteiger partial charge in [0.25, 0.3) is 5.91 Å². The maximum Gasteiger partial charge on any atom is 0.264 e. The van der Waals surface area contributed by atoms with Crippen LogP contribution < -0.4 is 11.1 Å². The lowest BCUT2D eigenvalue weighted by Crippen LogP contribution is -2.19. The first-order chi connectivity index (χ1) is 13.9. The van der Waals surface area contributed by atoms with E-state index in [1.54, 1.807) is 28.8 Å². The van der Waals surface area contributed by atoms with Crippen LogP contribution in [0.5, 0.6) is 0 Å². The second-order valence-corrected chi connectivity index (χ2v) is 8.12. The molecule has 6 nitrogen and oxygen atoms in total. The minimum Gasteiger partial charge on any atom is -0.368 e. The van der Waals surface area contributed by atoms with Gasteiger partial charge in [-0.15, -0.1) is 0 Å². The van der Waals surface area contributed by atoms with Crippen LogP contribution in [0.15, 0.2) is 58.6 Å². The monoisotopic (exact) mass is 444 g/mol. The van der Waals surface area contributed by atoms with Gasteiger partial charge in [0.15, 0.2) is 5.17 Å². The number of nitrogens with zero attached hydrogens (tertiary/aromatic N) is 2. The van der Waals surface area contributed by atoms with Crippen molar-refractivity contribution in [3.05, 3.63) is 69.2 Å². The molecule has 146 valence electrons. The van der Waals surface area contributed by atoms with Crippen LogP contribution in [-0.2, 0) is 16.1 Å². The van der Waals surface area contributed by atoms with E-state index in [1.165, 1.54) is 11.8 Å². The minimum absolute atomic E-state index is 0.0626. The van der Waals surface area contributed by atoms with Gasteiger partial charge in [-0.05, 0) is 42.1 Å². The van der Waals surface area contributed by atoms with E-state index in [2.05, 4.69) is 10.3 Å². The number of aromatic nitrogens is 1. The number of nitrogens with two attached hydrogens (primary N) is 1. The molecule has 0 aliphatic carbocycles. The lowest BCUT2D eigenvalue weighted by atomic mass is 10.1. The summed E-state index contributed by atoms with van der Waals surface area (Å²) >= 11 is 13.2. The molecule has 0 radical (unpaired) electrons. The van der Waals surface area contributed by atoms with Crippen LogP contribution >= 0.6 is 35.0 Å². The minimum atomic E-state index is -0.436. The molecule has 2 amide bonds. The number of para-hydroxylation sites is 1. The molecule has 2 aromatic carbocycles. The van der Waals surface area contributed by atoms with Crippen LogP contribution in [0.3, 0.4) is 0 Å². The molecule has 2 heterocycles. The van der Waals surface area contributed by atoms with E-state index >= 15 is 0 Å². The summed E-state index contributed by atoms with van der Waals surface area (Å²) in [6, 6.07) is 12.6. The summed E-state index contributed by atoms with van der Waals surface area (Å²) < 4.78 is 1.77. The zero-order chi connectivity index (χ0) is 20.5. The van der Waals surface area contributed by atoms with Gasteiger partial charge in [-0.1, -0.05) is 41.4 Å². The van der Waals surface area contributed by atoms with Gasteiger partial charge in [0.1, 0.15) is 6.54 Å². The molecule has 0 atom stereocenters. The normalized spacial score (nSPS) is 16.7. The van der Waals surface area contributed by atoms with Gasteiger partial charge < -0.3 is 15.6 Å². The number of benzene rings is 2. The number of nitrogens with one attached hydrogen (secondary N) is 1. The molecule has 1 aliphatic heterocycles. The van der Waals surface area contributed by atoms with Crippen molar-refractivity contribution in [2.75, 3.05) is 0 Å². The zero-order valence-electron chi connectivity index (χ0n) is 14.9. The van der Waals surface area contributed by atoms with E-state index < -0.39 is 5.91 Å². The molecule has 0 unspecified atom stereocenters. The van der Waals surface area contributed by atoms with Crippen molar-refractivity contribution in [2.24, 2.45) is 10.7 Å². The van der Waals surface area contributed by atoms with Gasteiger partial charge in [-0.25, -0.2) is 4.99 Å². The number of thioether (sulfide) groups is 1. The van der Waals surface area contributed by atoms with Crippen LogP contribution in [0, 0.1) is 0 Å². The van der Waals surface area contributed by atoms with Gasteiger partial charge in [0.2, 0.25) is 5.91 Å². The fourth-order valence-electron chi connectivity index (χ4n) is 2.98. The summed E-state index contributed by atoms with van der Waals surface area (Å²) in [6.07, 6.45) is 3.58. The average Bonchev–Trinajstić information content (AvgIpc) is 3.19. The first-order valence-electron chi connectivity index (χ1n) is 8.51. The number of carbonyl (C=O) groups is 2. The summed E-state index contributed by atoms with van der Waals surface area (Å²) in [4.78, 5) is 28.7. The molecule has 4 rings (SSSR count). The summed E-state index contributed by atoms with van der Waals surface area (Å²) in [6.45, 7) is 0.0626. The first-order valence-corrected chi connectivity index (χ1v) is 10.1. The Morgan fingerprint density at radius 3 is 2.76 bits per heavy atom. The number of primary amides is 1.